The van der Waals surface area contributed by atoms with Crippen LogP contribution < -0.4 is 14.4 Å². The minimum atomic E-state index is -0.957. The Morgan fingerprint density at radius 2 is 1.75 bits per heavy atom. The molecule has 2 heterocycles. The summed E-state index contributed by atoms with van der Waals surface area (Å²) in [4.78, 5) is 27.7. The molecule has 1 N–H and O–H groups in total. The van der Waals surface area contributed by atoms with Crippen molar-refractivity contribution in [2.75, 3.05) is 19.1 Å². The number of hydrogen-bond acceptors (Lipinski definition) is 6. The average Bonchev–Trinajstić information content (AvgIpc) is 3.34. The molecule has 3 aromatic rings. The average molecular weight is 433 g/mol. The lowest BCUT2D eigenvalue weighted by Gasteiger charge is -2.25. The number of hydrogen-bond donors (Lipinski definition) is 1. The van der Waals surface area contributed by atoms with Gasteiger partial charge in [-0.2, -0.15) is 0 Å². The SMILES string of the molecule is COc1ccc(/C(O)=C2/C(=O)C(=O)N(c3ccccc3OC)C2c2ccc(C)o2)c(C)c1. The van der Waals surface area contributed by atoms with Gasteiger partial charge in [-0.3, -0.25) is 14.5 Å². The first-order chi connectivity index (χ1) is 15.4. The van der Waals surface area contributed by atoms with Gasteiger partial charge in [0.1, 0.15) is 34.8 Å². The molecular weight excluding hydrogens is 410 g/mol. The number of carbonyl (C=O) groups excluding carboxylic acids is 2. The van der Waals surface area contributed by atoms with Gasteiger partial charge in [0.05, 0.1) is 25.5 Å². The molecule has 1 unspecified atom stereocenters. The Morgan fingerprint density at radius 3 is 2.38 bits per heavy atom. The Morgan fingerprint density at radius 1 is 1.00 bits per heavy atom. The minimum absolute atomic E-state index is 0.0523. The van der Waals surface area contributed by atoms with Crippen molar-refractivity contribution in [1.29, 1.82) is 0 Å². The highest BCUT2D eigenvalue weighted by molar-refractivity contribution is 6.51. The van der Waals surface area contributed by atoms with Gasteiger partial charge < -0.3 is 19.0 Å². The highest BCUT2D eigenvalue weighted by Crippen LogP contribution is 2.45. The van der Waals surface area contributed by atoms with E-state index in [1.54, 1.807) is 75.6 Å². The molecule has 7 heteroatoms. The first-order valence-electron chi connectivity index (χ1n) is 10.0. The molecule has 2 aromatic carbocycles. The topological polar surface area (TPSA) is 89.2 Å². The van der Waals surface area contributed by atoms with E-state index in [1.807, 2.05) is 0 Å². The molecule has 164 valence electrons. The van der Waals surface area contributed by atoms with Crippen LogP contribution in [0.3, 0.4) is 0 Å². The molecule has 0 aliphatic carbocycles. The van der Waals surface area contributed by atoms with E-state index < -0.39 is 17.7 Å². The van der Waals surface area contributed by atoms with Crippen LogP contribution >= 0.6 is 0 Å². The summed E-state index contributed by atoms with van der Waals surface area (Å²) in [7, 11) is 3.04. The lowest BCUT2D eigenvalue weighted by molar-refractivity contribution is -0.132. The van der Waals surface area contributed by atoms with Gasteiger partial charge in [-0.1, -0.05) is 12.1 Å². The molecule has 1 atom stereocenters. The molecule has 7 nitrogen and oxygen atoms in total. The van der Waals surface area contributed by atoms with Crippen molar-refractivity contribution in [1.82, 2.24) is 0 Å². The van der Waals surface area contributed by atoms with Crippen molar-refractivity contribution < 1.29 is 28.6 Å². The number of nitrogens with zero attached hydrogens (tertiary/aromatic N) is 1. The molecule has 1 aliphatic heterocycles. The number of furan rings is 1. The third-order valence-corrected chi connectivity index (χ3v) is 5.51. The van der Waals surface area contributed by atoms with Crippen molar-refractivity contribution in [3.05, 3.63) is 82.8 Å². The molecule has 4 rings (SSSR count). The number of aryl methyl sites for hydroxylation is 2. The van der Waals surface area contributed by atoms with Crippen LogP contribution in [0.1, 0.15) is 28.7 Å². The number of aliphatic hydroxyl groups excluding tert-OH is 1. The molecule has 0 bridgehead atoms. The van der Waals surface area contributed by atoms with Crippen LogP contribution in [0, 0.1) is 13.8 Å². The summed E-state index contributed by atoms with van der Waals surface area (Å²) in [6, 6.07) is 14.5. The molecule has 0 radical (unpaired) electrons. The molecule has 32 heavy (non-hydrogen) atoms. The van der Waals surface area contributed by atoms with E-state index in [0.29, 0.717) is 39.8 Å². The first kappa shape index (κ1) is 21.2. The summed E-state index contributed by atoms with van der Waals surface area (Å²) in [5.74, 6) is 0.158. The second kappa shape index (κ2) is 8.26. The van der Waals surface area contributed by atoms with Gasteiger partial charge in [-0.05, 0) is 61.9 Å². The van der Waals surface area contributed by atoms with Gasteiger partial charge in [0.2, 0.25) is 0 Å². The van der Waals surface area contributed by atoms with E-state index in [1.165, 1.54) is 12.0 Å². The number of anilines is 1. The number of Topliss-reactive ketones (excluding diaryl/α,β-unsaturated/α-hetero) is 1. The normalized spacial score (nSPS) is 17.6. The highest BCUT2D eigenvalue weighted by atomic mass is 16.5. The van der Waals surface area contributed by atoms with Crippen molar-refractivity contribution in [3.63, 3.8) is 0 Å². The maximum atomic E-state index is 13.2. The third kappa shape index (κ3) is 3.41. The van der Waals surface area contributed by atoms with Crippen LogP contribution in [-0.2, 0) is 9.59 Å². The number of amides is 1. The summed E-state index contributed by atoms with van der Waals surface area (Å²) in [5, 5.41) is 11.2. The Balaban J connectivity index is 1.96. The maximum Gasteiger partial charge on any atom is 0.300 e. The van der Waals surface area contributed by atoms with E-state index in [0.717, 1.165) is 0 Å². The number of aliphatic hydroxyl groups is 1. The molecule has 1 aliphatic rings. The third-order valence-electron chi connectivity index (χ3n) is 5.51. The number of benzene rings is 2. The van der Waals surface area contributed by atoms with Crippen LogP contribution in [0.2, 0.25) is 0 Å². The molecule has 1 fully saturated rings. The number of methoxy groups -OCH3 is 2. The van der Waals surface area contributed by atoms with Gasteiger partial charge >= 0.3 is 0 Å². The zero-order valence-corrected chi connectivity index (χ0v) is 18.2. The van der Waals surface area contributed by atoms with E-state index in [-0.39, 0.29) is 11.3 Å². The zero-order valence-electron chi connectivity index (χ0n) is 18.2. The van der Waals surface area contributed by atoms with Gasteiger partial charge in [-0.15, -0.1) is 0 Å². The van der Waals surface area contributed by atoms with E-state index in [2.05, 4.69) is 0 Å². The fourth-order valence-electron chi connectivity index (χ4n) is 3.95. The standard InChI is InChI=1S/C25H23NO6/c1-14-13-16(30-3)10-11-17(14)23(27)21-22(20-12-9-15(2)32-20)26(25(29)24(21)28)18-7-5-6-8-19(18)31-4/h5-13,22,27H,1-4H3/b23-21-. The van der Waals surface area contributed by atoms with Crippen LogP contribution in [0.5, 0.6) is 11.5 Å². The monoisotopic (exact) mass is 433 g/mol. The molecule has 0 spiro atoms. The Hall–Kier alpha value is -4.00. The van der Waals surface area contributed by atoms with E-state index in [9.17, 15) is 14.7 Å². The van der Waals surface area contributed by atoms with Crippen LogP contribution in [0.15, 0.2) is 64.6 Å². The fourth-order valence-corrected chi connectivity index (χ4v) is 3.95. The molecule has 1 saturated heterocycles. The van der Waals surface area contributed by atoms with Gasteiger partial charge in [0, 0.05) is 5.56 Å². The van der Waals surface area contributed by atoms with Crippen molar-refractivity contribution >= 4 is 23.1 Å². The van der Waals surface area contributed by atoms with Crippen LogP contribution in [0.4, 0.5) is 5.69 Å². The van der Waals surface area contributed by atoms with Gasteiger partial charge in [0.15, 0.2) is 0 Å². The summed E-state index contributed by atoms with van der Waals surface area (Å²) in [5.41, 5.74) is 1.47. The van der Waals surface area contributed by atoms with Crippen molar-refractivity contribution in [3.8, 4) is 11.5 Å². The quantitative estimate of drug-likeness (QED) is 0.361. The second-order valence-corrected chi connectivity index (χ2v) is 7.47. The Kier molecular flexibility index (Phi) is 5.48. The number of ketones is 1. The summed E-state index contributed by atoms with van der Waals surface area (Å²) >= 11 is 0. The summed E-state index contributed by atoms with van der Waals surface area (Å²) in [6.45, 7) is 3.56. The maximum absolute atomic E-state index is 13.2. The number of rotatable bonds is 5. The largest absolute Gasteiger partial charge is 0.507 e. The predicted molar refractivity (Wildman–Crippen MR) is 119 cm³/mol. The number of para-hydroxylation sites is 2. The lowest BCUT2D eigenvalue weighted by Crippen LogP contribution is -2.29. The van der Waals surface area contributed by atoms with Crippen molar-refractivity contribution in [2.45, 2.75) is 19.9 Å². The number of carbonyl (C=O) groups is 2. The molecule has 1 aromatic heterocycles. The molecule has 1 amide bonds. The zero-order chi connectivity index (χ0) is 23.0. The van der Waals surface area contributed by atoms with Crippen molar-refractivity contribution in [2.24, 2.45) is 0 Å². The highest BCUT2D eigenvalue weighted by Gasteiger charge is 2.49. The smallest absolute Gasteiger partial charge is 0.300 e. The Bertz CT molecular complexity index is 1240. The second-order valence-electron chi connectivity index (χ2n) is 7.47. The minimum Gasteiger partial charge on any atom is -0.507 e. The van der Waals surface area contributed by atoms with Crippen LogP contribution in [0.25, 0.3) is 5.76 Å². The predicted octanol–water partition coefficient (Wildman–Crippen LogP) is 4.54. The summed E-state index contributed by atoms with van der Waals surface area (Å²) < 4.78 is 16.5. The fraction of sp³-hybridized carbons (Fsp3) is 0.200. The van der Waals surface area contributed by atoms with Gasteiger partial charge in [-0.25, -0.2) is 0 Å². The first-order valence-corrected chi connectivity index (χ1v) is 10.0. The van der Waals surface area contributed by atoms with E-state index >= 15 is 0 Å². The van der Waals surface area contributed by atoms with Gasteiger partial charge in [0.25, 0.3) is 11.7 Å². The Labute approximate surface area is 185 Å². The molecular formula is C25H23NO6. The van der Waals surface area contributed by atoms with E-state index in [4.69, 9.17) is 13.9 Å². The number of ether oxygens (including phenoxy) is 2. The summed E-state index contributed by atoms with van der Waals surface area (Å²) in [6.07, 6.45) is 0. The molecule has 0 saturated carbocycles. The lowest BCUT2D eigenvalue weighted by atomic mass is 9.96. The van der Waals surface area contributed by atoms with Crippen LogP contribution in [-0.4, -0.2) is 31.0 Å².